The first-order chi connectivity index (χ1) is 25.2. The van der Waals surface area contributed by atoms with Crippen LogP contribution in [0.3, 0.4) is 0 Å². The molecule has 52 heavy (non-hydrogen) atoms. The van der Waals surface area contributed by atoms with Crippen molar-refractivity contribution < 1.29 is 28.8 Å². The average Bonchev–Trinajstić information content (AvgIpc) is 3.60. The minimum absolute atomic E-state index is 0.181. The zero-order chi connectivity index (χ0) is 36.3. The highest BCUT2D eigenvalue weighted by Crippen LogP contribution is 2.75. The van der Waals surface area contributed by atoms with Gasteiger partial charge in [-0.25, -0.2) is 0 Å². The second kappa shape index (κ2) is 16.3. The van der Waals surface area contributed by atoms with Crippen LogP contribution in [0.15, 0.2) is 59.1 Å². The summed E-state index contributed by atoms with van der Waals surface area (Å²) >= 11 is 0. The fraction of sp³-hybridized carbons (Fsp3) is 0.705. The smallest absolute Gasteiger partial charge is 0.306 e. The standard InChI is InChI=1S/C44H64N2O6/c1-46(2)27-35(28-51-39-14-6-5-11-31(39)16-15-30-10-9-12-33(24-30)49-3)52-41(48)20-19-40(47)45-38-21-23-43-26-32-17-18-34(50-4)25-37(32)44(29-43)22-8-7-13-36(44)42(38)43/h9-10,12,14,24-25,31,35-36,38,40,42,45,47H,5-8,11,13,15-23,26-29H2,1-4H3/t31?,35-,36?,38?,40?,42-,43?,44?/m0/s1. The van der Waals surface area contributed by atoms with Gasteiger partial charge in [0, 0.05) is 31.3 Å². The molecule has 8 nitrogen and oxygen atoms in total. The number of ether oxygens (including phenoxy) is 4. The summed E-state index contributed by atoms with van der Waals surface area (Å²) in [5.41, 5.74) is 5.23. The van der Waals surface area contributed by atoms with Crippen molar-refractivity contribution in [1.82, 2.24) is 10.2 Å². The van der Waals surface area contributed by atoms with Crippen LogP contribution < -0.4 is 10.1 Å². The van der Waals surface area contributed by atoms with E-state index in [1.807, 2.05) is 38.2 Å². The van der Waals surface area contributed by atoms with E-state index in [0.717, 1.165) is 68.6 Å². The third-order valence-corrected chi connectivity index (χ3v) is 13.8. The van der Waals surface area contributed by atoms with Crippen LogP contribution in [-0.2, 0) is 25.4 Å². The highest BCUT2D eigenvalue weighted by atomic mass is 16.6. The monoisotopic (exact) mass is 716 g/mol. The van der Waals surface area contributed by atoms with E-state index in [1.165, 1.54) is 50.5 Å². The Hall–Kier alpha value is -2.81. The number of allylic oxidation sites excluding steroid dienone is 6. The number of rotatable bonds is 16. The van der Waals surface area contributed by atoms with Gasteiger partial charge in [-0.15, -0.1) is 0 Å². The average molecular weight is 717 g/mol. The molecule has 6 unspecified atom stereocenters. The molecule has 0 aliphatic heterocycles. The summed E-state index contributed by atoms with van der Waals surface area (Å²) in [5, 5.41) is 15.0. The maximum absolute atomic E-state index is 13.2. The van der Waals surface area contributed by atoms with E-state index in [4.69, 9.17) is 18.9 Å². The number of hydrogen-bond donors (Lipinski definition) is 2. The molecule has 8 atom stereocenters. The number of carbonyl (C=O) groups excluding carboxylic acids is 1. The van der Waals surface area contributed by atoms with E-state index in [9.17, 15) is 9.90 Å². The molecule has 1 aromatic rings. The van der Waals surface area contributed by atoms with Gasteiger partial charge in [0.25, 0.3) is 0 Å². The molecule has 3 fully saturated rings. The largest absolute Gasteiger partial charge is 0.501 e. The lowest BCUT2D eigenvalue weighted by atomic mass is 9.57. The molecule has 8 heteroatoms. The zero-order valence-corrected chi connectivity index (χ0v) is 32.3. The van der Waals surface area contributed by atoms with Gasteiger partial charge < -0.3 is 29.0 Å². The van der Waals surface area contributed by atoms with Crippen molar-refractivity contribution in [2.45, 2.75) is 128 Å². The molecule has 0 radical (unpaired) electrons. The van der Waals surface area contributed by atoms with Crippen molar-refractivity contribution in [2.24, 2.45) is 28.6 Å². The molecule has 6 aliphatic rings. The molecule has 0 heterocycles. The van der Waals surface area contributed by atoms with Crippen molar-refractivity contribution in [2.75, 3.05) is 41.5 Å². The normalized spacial score (nSPS) is 31.9. The summed E-state index contributed by atoms with van der Waals surface area (Å²) in [6.45, 7) is 0.919. The van der Waals surface area contributed by atoms with Gasteiger partial charge >= 0.3 is 5.97 Å². The predicted molar refractivity (Wildman–Crippen MR) is 203 cm³/mol. The van der Waals surface area contributed by atoms with E-state index >= 15 is 0 Å². The SMILES string of the molecule is COC1=CC2=C(CC1)CC13CCC(NC(O)CCC(=O)O[C@H](COC4=CCCCC4CCc4cccc(OC)c4)CN(C)C)[C@@H]1C1CCCCC21C3. The molecule has 2 spiro atoms. The van der Waals surface area contributed by atoms with Crippen molar-refractivity contribution in [3.05, 3.63) is 64.6 Å². The molecule has 1 aromatic carbocycles. The molecule has 0 aromatic heterocycles. The first-order valence-corrected chi connectivity index (χ1v) is 20.4. The first kappa shape index (κ1) is 37.5. The van der Waals surface area contributed by atoms with Gasteiger partial charge in [0.2, 0.25) is 0 Å². The zero-order valence-electron chi connectivity index (χ0n) is 32.3. The molecule has 0 saturated heterocycles. The number of esters is 1. The van der Waals surface area contributed by atoms with Crippen molar-refractivity contribution in [1.29, 1.82) is 0 Å². The number of aryl methyl sites for hydroxylation is 1. The highest BCUT2D eigenvalue weighted by Gasteiger charge is 2.68. The van der Waals surface area contributed by atoms with Crippen molar-refractivity contribution in [3.8, 4) is 5.75 Å². The molecular formula is C44H64N2O6. The van der Waals surface area contributed by atoms with E-state index < -0.39 is 6.23 Å². The molecule has 3 saturated carbocycles. The van der Waals surface area contributed by atoms with Gasteiger partial charge in [-0.1, -0.05) is 30.5 Å². The van der Waals surface area contributed by atoms with Gasteiger partial charge in [0.05, 0.1) is 25.7 Å². The Morgan fingerprint density at radius 1 is 1.08 bits per heavy atom. The summed E-state index contributed by atoms with van der Waals surface area (Å²) in [5.74, 6) is 4.39. The Kier molecular flexibility index (Phi) is 11.7. The first-order valence-electron chi connectivity index (χ1n) is 20.4. The Balaban J connectivity index is 0.914. The summed E-state index contributed by atoms with van der Waals surface area (Å²) in [6.07, 6.45) is 21.6. The van der Waals surface area contributed by atoms with E-state index in [0.29, 0.717) is 48.8 Å². The van der Waals surface area contributed by atoms with E-state index in [2.05, 4.69) is 29.6 Å². The number of benzene rings is 1. The van der Waals surface area contributed by atoms with Crippen LogP contribution in [0.4, 0.5) is 0 Å². The summed E-state index contributed by atoms with van der Waals surface area (Å²) in [7, 11) is 7.52. The second-order valence-electron chi connectivity index (χ2n) is 17.3. The van der Waals surface area contributed by atoms with E-state index in [1.54, 1.807) is 18.3 Å². The third-order valence-electron chi connectivity index (χ3n) is 13.8. The lowest BCUT2D eigenvalue weighted by Crippen LogP contribution is -2.45. The molecule has 2 bridgehead atoms. The molecule has 7 rings (SSSR count). The number of hydrogen-bond acceptors (Lipinski definition) is 8. The lowest BCUT2D eigenvalue weighted by Gasteiger charge is -2.47. The fourth-order valence-corrected chi connectivity index (χ4v) is 11.8. The molecule has 0 amide bonds. The van der Waals surface area contributed by atoms with Crippen LogP contribution in [0, 0.1) is 28.6 Å². The number of nitrogens with one attached hydrogen (secondary N) is 1. The van der Waals surface area contributed by atoms with Gasteiger partial charge in [-0.2, -0.15) is 0 Å². The van der Waals surface area contributed by atoms with Crippen LogP contribution in [0.1, 0.15) is 108 Å². The topological polar surface area (TPSA) is 89.5 Å². The highest BCUT2D eigenvalue weighted by molar-refractivity contribution is 5.69. The van der Waals surface area contributed by atoms with Gasteiger partial charge in [0.1, 0.15) is 24.7 Å². The molecular weight excluding hydrogens is 652 g/mol. The minimum atomic E-state index is -0.725. The minimum Gasteiger partial charge on any atom is -0.501 e. The number of aliphatic hydroxyl groups excluding tert-OH is 1. The summed E-state index contributed by atoms with van der Waals surface area (Å²) < 4.78 is 23.6. The molecule has 2 N–H and O–H groups in total. The fourth-order valence-electron chi connectivity index (χ4n) is 11.8. The number of nitrogens with zero attached hydrogens (tertiary/aromatic N) is 1. The number of fused-ring (bicyclic) bond motifs is 1. The lowest BCUT2D eigenvalue weighted by molar-refractivity contribution is -0.153. The Morgan fingerprint density at radius 3 is 2.79 bits per heavy atom. The number of aliphatic hydroxyl groups is 1. The molecule has 286 valence electrons. The quantitative estimate of drug-likeness (QED) is 0.132. The Bertz CT molecular complexity index is 1520. The maximum Gasteiger partial charge on any atom is 0.306 e. The van der Waals surface area contributed by atoms with Crippen LogP contribution in [0.2, 0.25) is 0 Å². The predicted octanol–water partition coefficient (Wildman–Crippen LogP) is 7.86. The maximum atomic E-state index is 13.2. The van der Waals surface area contributed by atoms with Crippen LogP contribution in [-0.4, -0.2) is 75.8 Å². The van der Waals surface area contributed by atoms with Gasteiger partial charge in [-0.05, 0) is 156 Å². The Morgan fingerprint density at radius 2 is 1.96 bits per heavy atom. The third kappa shape index (κ3) is 7.86. The van der Waals surface area contributed by atoms with Crippen LogP contribution in [0.5, 0.6) is 5.75 Å². The Labute approximate surface area is 312 Å². The van der Waals surface area contributed by atoms with Gasteiger partial charge in [0.15, 0.2) is 0 Å². The van der Waals surface area contributed by atoms with E-state index in [-0.39, 0.29) is 23.9 Å². The van der Waals surface area contributed by atoms with Crippen molar-refractivity contribution >= 4 is 5.97 Å². The number of likely N-dealkylation sites (N-methyl/N-ethyl adjacent to an activating group) is 1. The second-order valence-corrected chi connectivity index (χ2v) is 17.3. The number of carbonyl (C=O) groups is 1. The number of methoxy groups -OCH3 is 2. The van der Waals surface area contributed by atoms with Crippen LogP contribution in [0.25, 0.3) is 0 Å². The molecule has 6 aliphatic carbocycles. The summed E-state index contributed by atoms with van der Waals surface area (Å²) in [6, 6.07) is 8.59. The van der Waals surface area contributed by atoms with Crippen molar-refractivity contribution in [3.63, 3.8) is 0 Å². The van der Waals surface area contributed by atoms with Crippen LogP contribution >= 0.6 is 0 Å². The van der Waals surface area contributed by atoms with Gasteiger partial charge in [-0.3, -0.25) is 10.1 Å². The summed E-state index contributed by atoms with van der Waals surface area (Å²) in [4.78, 5) is 15.3.